The molecule has 0 bridgehead atoms. The predicted octanol–water partition coefficient (Wildman–Crippen LogP) is 1.27. The van der Waals surface area contributed by atoms with Crippen molar-refractivity contribution in [3.05, 3.63) is 0 Å². The minimum Gasteiger partial charge on any atom is -0.378 e. The fourth-order valence-corrected chi connectivity index (χ4v) is 3.78. The zero-order valence-corrected chi connectivity index (χ0v) is 13.2. The van der Waals surface area contributed by atoms with Gasteiger partial charge in [-0.1, -0.05) is 24.6 Å². The molecule has 20 heavy (non-hydrogen) atoms. The summed E-state index contributed by atoms with van der Waals surface area (Å²) in [6.45, 7) is 2.79. The first-order valence-electron chi connectivity index (χ1n) is 7.15. The van der Waals surface area contributed by atoms with E-state index in [1.165, 1.54) is 25.7 Å². The van der Waals surface area contributed by atoms with Gasteiger partial charge in [0.05, 0.1) is 31.1 Å². The minimum atomic E-state index is 0. The summed E-state index contributed by atoms with van der Waals surface area (Å²) in [6, 6.07) is 0.976. The second-order valence-corrected chi connectivity index (χ2v) is 6.28. The summed E-state index contributed by atoms with van der Waals surface area (Å²) in [5.41, 5.74) is 0. The van der Waals surface area contributed by atoms with Gasteiger partial charge in [0.15, 0.2) is 5.17 Å². The Kier molecular flexibility index (Phi) is 5.99. The van der Waals surface area contributed by atoms with Gasteiger partial charge in [-0.2, -0.15) is 0 Å². The number of hydrogen-bond acceptors (Lipinski definition) is 5. The molecule has 2 aliphatic heterocycles. The molecule has 2 fully saturated rings. The Balaban J connectivity index is 0.00000147. The number of nitrogens with one attached hydrogen (secondary N) is 1. The summed E-state index contributed by atoms with van der Waals surface area (Å²) < 4.78 is 5.26. The molecule has 2 atom stereocenters. The van der Waals surface area contributed by atoms with Crippen LogP contribution in [-0.2, 0) is 9.53 Å². The number of carbonyl (C=O) groups excluding carboxylic acids is 1. The van der Waals surface area contributed by atoms with E-state index < -0.39 is 0 Å². The number of fused-ring (bicyclic) bond motifs is 1. The number of thioether (sulfide) groups is 1. The van der Waals surface area contributed by atoms with Crippen LogP contribution >= 0.6 is 24.2 Å². The van der Waals surface area contributed by atoms with Crippen molar-refractivity contribution in [3.8, 4) is 0 Å². The van der Waals surface area contributed by atoms with Crippen LogP contribution in [-0.4, -0.2) is 60.1 Å². The van der Waals surface area contributed by atoms with Crippen LogP contribution in [0.15, 0.2) is 4.99 Å². The highest BCUT2D eigenvalue weighted by atomic mass is 35.5. The number of amides is 1. The number of ether oxygens (including phenoxy) is 1. The van der Waals surface area contributed by atoms with E-state index in [9.17, 15) is 4.79 Å². The molecule has 1 aliphatic carbocycles. The number of aliphatic imine (C=N–C) groups is 1. The van der Waals surface area contributed by atoms with Gasteiger partial charge in [0.1, 0.15) is 0 Å². The molecule has 0 aromatic heterocycles. The molecule has 1 N–H and O–H groups in total. The highest BCUT2D eigenvalue weighted by Crippen LogP contribution is 2.27. The Labute approximate surface area is 130 Å². The van der Waals surface area contributed by atoms with Crippen molar-refractivity contribution in [2.45, 2.75) is 37.8 Å². The van der Waals surface area contributed by atoms with Crippen LogP contribution in [0.2, 0.25) is 0 Å². The van der Waals surface area contributed by atoms with E-state index in [1.807, 2.05) is 4.90 Å². The molecule has 0 unspecified atom stereocenters. The Morgan fingerprint density at radius 2 is 2.10 bits per heavy atom. The van der Waals surface area contributed by atoms with Gasteiger partial charge < -0.3 is 15.0 Å². The molecule has 1 amide bonds. The van der Waals surface area contributed by atoms with Gasteiger partial charge in [0.2, 0.25) is 5.91 Å². The summed E-state index contributed by atoms with van der Waals surface area (Å²) in [4.78, 5) is 18.6. The Bertz CT molecular complexity index is 375. The molecular formula is C13H22ClN3O2S. The van der Waals surface area contributed by atoms with Crippen LogP contribution in [0.4, 0.5) is 0 Å². The van der Waals surface area contributed by atoms with E-state index in [-0.39, 0.29) is 18.3 Å². The molecule has 5 nitrogen and oxygen atoms in total. The molecule has 3 rings (SSSR count). The standard InChI is InChI=1S/C13H21N3O2S.ClH/c17-12(16-5-7-18-8-6-16)9-19-13-14-10-3-1-2-4-11(10)15-13;/h10-11H,1-9H2,(H,14,15);1H/t10-,11+;. The van der Waals surface area contributed by atoms with Crippen LogP contribution in [0.5, 0.6) is 0 Å². The van der Waals surface area contributed by atoms with Crippen molar-refractivity contribution in [2.24, 2.45) is 4.99 Å². The van der Waals surface area contributed by atoms with Crippen molar-refractivity contribution in [2.75, 3.05) is 32.1 Å². The SMILES string of the molecule is Cl.O=C(CSC1=N[C@@H]2CCCC[C@@H]2N1)N1CCOCC1. The summed E-state index contributed by atoms with van der Waals surface area (Å²) in [7, 11) is 0. The summed E-state index contributed by atoms with van der Waals surface area (Å²) >= 11 is 1.56. The molecular weight excluding hydrogens is 298 g/mol. The fraction of sp³-hybridized carbons (Fsp3) is 0.846. The number of rotatable bonds is 2. The minimum absolute atomic E-state index is 0. The second kappa shape index (κ2) is 7.52. The quantitative estimate of drug-likeness (QED) is 0.833. The van der Waals surface area contributed by atoms with E-state index in [4.69, 9.17) is 9.73 Å². The lowest BCUT2D eigenvalue weighted by atomic mass is 9.92. The van der Waals surface area contributed by atoms with Gasteiger partial charge in [-0.3, -0.25) is 9.79 Å². The maximum Gasteiger partial charge on any atom is 0.233 e. The first kappa shape index (κ1) is 15.9. The van der Waals surface area contributed by atoms with Crippen molar-refractivity contribution < 1.29 is 9.53 Å². The first-order chi connectivity index (χ1) is 9.33. The maximum absolute atomic E-state index is 12.0. The lowest BCUT2D eigenvalue weighted by Crippen LogP contribution is -2.42. The topological polar surface area (TPSA) is 53.9 Å². The van der Waals surface area contributed by atoms with Gasteiger partial charge >= 0.3 is 0 Å². The van der Waals surface area contributed by atoms with Gasteiger partial charge in [-0.05, 0) is 12.8 Å². The number of amidine groups is 1. The van der Waals surface area contributed by atoms with Crippen LogP contribution in [0.1, 0.15) is 25.7 Å². The normalized spacial score (nSPS) is 29.0. The zero-order valence-electron chi connectivity index (χ0n) is 11.5. The highest BCUT2D eigenvalue weighted by Gasteiger charge is 2.31. The molecule has 0 aromatic carbocycles. The van der Waals surface area contributed by atoms with Crippen molar-refractivity contribution in [3.63, 3.8) is 0 Å². The van der Waals surface area contributed by atoms with E-state index in [0.29, 0.717) is 31.1 Å². The zero-order chi connectivity index (χ0) is 13.1. The third-order valence-corrected chi connectivity index (χ3v) is 4.91. The van der Waals surface area contributed by atoms with E-state index in [0.717, 1.165) is 18.3 Å². The predicted molar refractivity (Wildman–Crippen MR) is 83.7 cm³/mol. The van der Waals surface area contributed by atoms with Gasteiger partial charge in [-0.25, -0.2) is 0 Å². The average molecular weight is 320 g/mol. The molecule has 7 heteroatoms. The molecule has 0 radical (unpaired) electrons. The molecule has 3 aliphatic rings. The maximum atomic E-state index is 12.0. The molecule has 1 saturated carbocycles. The number of hydrogen-bond donors (Lipinski definition) is 1. The van der Waals surface area contributed by atoms with Crippen LogP contribution in [0.3, 0.4) is 0 Å². The molecule has 114 valence electrons. The Morgan fingerprint density at radius 3 is 2.85 bits per heavy atom. The highest BCUT2D eigenvalue weighted by molar-refractivity contribution is 8.14. The van der Waals surface area contributed by atoms with E-state index in [2.05, 4.69) is 5.32 Å². The van der Waals surface area contributed by atoms with Crippen LogP contribution in [0.25, 0.3) is 0 Å². The lowest BCUT2D eigenvalue weighted by molar-refractivity contribution is -0.132. The monoisotopic (exact) mass is 319 g/mol. The van der Waals surface area contributed by atoms with Gasteiger partial charge in [0, 0.05) is 13.1 Å². The molecule has 0 spiro atoms. The first-order valence-corrected chi connectivity index (χ1v) is 8.14. The molecule has 0 aromatic rings. The van der Waals surface area contributed by atoms with Crippen molar-refractivity contribution >= 4 is 35.2 Å². The van der Waals surface area contributed by atoms with Gasteiger partial charge in [0.25, 0.3) is 0 Å². The summed E-state index contributed by atoms with van der Waals surface area (Å²) in [5, 5.41) is 4.44. The average Bonchev–Trinajstić information content (AvgIpc) is 2.88. The number of morpholine rings is 1. The Hall–Kier alpha value is -0.460. The largest absolute Gasteiger partial charge is 0.378 e. The Morgan fingerprint density at radius 1 is 1.35 bits per heavy atom. The summed E-state index contributed by atoms with van der Waals surface area (Å²) in [6.07, 6.45) is 5.00. The third kappa shape index (κ3) is 3.80. The van der Waals surface area contributed by atoms with Crippen molar-refractivity contribution in [1.29, 1.82) is 0 Å². The molecule has 2 heterocycles. The van der Waals surface area contributed by atoms with Crippen LogP contribution in [0, 0.1) is 0 Å². The second-order valence-electron chi connectivity index (χ2n) is 5.32. The van der Waals surface area contributed by atoms with Crippen molar-refractivity contribution in [1.82, 2.24) is 10.2 Å². The van der Waals surface area contributed by atoms with E-state index in [1.54, 1.807) is 11.8 Å². The number of carbonyl (C=O) groups is 1. The van der Waals surface area contributed by atoms with Gasteiger partial charge in [-0.15, -0.1) is 12.4 Å². The summed E-state index contributed by atoms with van der Waals surface area (Å²) in [5.74, 6) is 0.693. The number of halogens is 1. The fourth-order valence-electron chi connectivity index (χ4n) is 2.89. The smallest absolute Gasteiger partial charge is 0.233 e. The van der Waals surface area contributed by atoms with E-state index >= 15 is 0 Å². The number of nitrogens with zero attached hydrogens (tertiary/aromatic N) is 2. The lowest BCUT2D eigenvalue weighted by Gasteiger charge is -2.26. The van der Waals surface area contributed by atoms with Crippen LogP contribution < -0.4 is 5.32 Å². The molecule has 1 saturated heterocycles. The third-order valence-electron chi connectivity index (χ3n) is 4.02.